The minimum atomic E-state index is -2.11. The SMILES string of the molecule is OC1(O)C=NNc2ccnn21. The van der Waals surface area contributed by atoms with E-state index in [1.165, 1.54) is 6.20 Å². The highest BCUT2D eigenvalue weighted by atomic mass is 16.5. The summed E-state index contributed by atoms with van der Waals surface area (Å²) in [5, 5.41) is 25.5. The number of nitrogens with zero attached hydrogens (tertiary/aromatic N) is 3. The average molecular weight is 154 g/mol. The largest absolute Gasteiger partial charge is 0.343 e. The van der Waals surface area contributed by atoms with E-state index in [2.05, 4.69) is 15.6 Å². The molecule has 0 unspecified atom stereocenters. The van der Waals surface area contributed by atoms with Gasteiger partial charge in [-0.1, -0.05) is 0 Å². The molecule has 1 aromatic rings. The Balaban J connectivity index is 2.56. The fourth-order valence-corrected chi connectivity index (χ4v) is 0.890. The highest BCUT2D eigenvalue weighted by molar-refractivity contribution is 5.67. The molecule has 0 fully saturated rings. The van der Waals surface area contributed by atoms with Crippen LogP contribution in [-0.4, -0.2) is 26.2 Å². The van der Waals surface area contributed by atoms with Gasteiger partial charge in [0, 0.05) is 6.07 Å². The number of hydrogen-bond donors (Lipinski definition) is 3. The lowest BCUT2D eigenvalue weighted by Crippen LogP contribution is -2.39. The zero-order chi connectivity index (χ0) is 7.90. The number of rotatable bonds is 0. The number of nitrogens with one attached hydrogen (secondary N) is 1. The van der Waals surface area contributed by atoms with Crippen LogP contribution in [0.15, 0.2) is 17.4 Å². The third-order valence-electron chi connectivity index (χ3n) is 1.37. The van der Waals surface area contributed by atoms with Gasteiger partial charge in [-0.05, 0) is 0 Å². The molecule has 3 N–H and O–H groups in total. The second-order valence-corrected chi connectivity index (χ2v) is 2.19. The number of aliphatic hydroxyl groups is 2. The van der Waals surface area contributed by atoms with Crippen LogP contribution >= 0.6 is 0 Å². The lowest BCUT2D eigenvalue weighted by Gasteiger charge is -2.22. The third kappa shape index (κ3) is 0.803. The predicted molar refractivity (Wildman–Crippen MR) is 36.8 cm³/mol. The predicted octanol–water partition coefficient (Wildman–Crippen LogP) is -1.11. The smallest absolute Gasteiger partial charge is 0.308 e. The number of hydrogen-bond acceptors (Lipinski definition) is 5. The van der Waals surface area contributed by atoms with Crippen LogP contribution in [0.3, 0.4) is 0 Å². The summed E-state index contributed by atoms with van der Waals surface area (Å²) in [6.45, 7) is 0. The van der Waals surface area contributed by atoms with E-state index >= 15 is 0 Å². The fraction of sp³-hybridized carbons (Fsp3) is 0.200. The third-order valence-corrected chi connectivity index (χ3v) is 1.37. The Morgan fingerprint density at radius 2 is 2.36 bits per heavy atom. The fourth-order valence-electron chi connectivity index (χ4n) is 0.890. The summed E-state index contributed by atoms with van der Waals surface area (Å²) in [6, 6.07) is 1.58. The Kier molecular flexibility index (Phi) is 1.04. The molecular weight excluding hydrogens is 148 g/mol. The Hall–Kier alpha value is -1.40. The molecule has 0 radical (unpaired) electrons. The van der Waals surface area contributed by atoms with E-state index in [1.807, 2.05) is 0 Å². The molecule has 0 saturated carbocycles. The molecule has 1 aliphatic heterocycles. The summed E-state index contributed by atoms with van der Waals surface area (Å²) in [5.41, 5.74) is 2.55. The molecule has 0 spiro atoms. The van der Waals surface area contributed by atoms with Gasteiger partial charge in [0.25, 0.3) is 0 Å². The van der Waals surface area contributed by atoms with E-state index in [4.69, 9.17) is 0 Å². The van der Waals surface area contributed by atoms with Crippen molar-refractivity contribution in [3.05, 3.63) is 12.3 Å². The first-order valence-electron chi connectivity index (χ1n) is 3.00. The van der Waals surface area contributed by atoms with Crippen molar-refractivity contribution in [1.29, 1.82) is 0 Å². The molecule has 0 amide bonds. The van der Waals surface area contributed by atoms with Crippen molar-refractivity contribution in [1.82, 2.24) is 9.78 Å². The molecule has 1 aliphatic rings. The van der Waals surface area contributed by atoms with Crippen molar-refractivity contribution in [3.63, 3.8) is 0 Å². The van der Waals surface area contributed by atoms with Gasteiger partial charge in [-0.25, -0.2) is 0 Å². The van der Waals surface area contributed by atoms with Gasteiger partial charge >= 0.3 is 5.91 Å². The summed E-state index contributed by atoms with van der Waals surface area (Å²) in [5.74, 6) is -1.66. The van der Waals surface area contributed by atoms with E-state index in [9.17, 15) is 10.2 Å². The van der Waals surface area contributed by atoms with Crippen LogP contribution in [0.4, 0.5) is 5.82 Å². The van der Waals surface area contributed by atoms with Crippen LogP contribution in [0.5, 0.6) is 0 Å². The van der Waals surface area contributed by atoms with E-state index in [-0.39, 0.29) is 0 Å². The minimum absolute atomic E-state index is 0.442. The van der Waals surface area contributed by atoms with Crippen LogP contribution in [0.2, 0.25) is 0 Å². The topological polar surface area (TPSA) is 82.7 Å². The van der Waals surface area contributed by atoms with Crippen molar-refractivity contribution in [2.75, 3.05) is 5.43 Å². The normalized spacial score (nSPS) is 19.1. The van der Waals surface area contributed by atoms with Crippen molar-refractivity contribution >= 4 is 12.0 Å². The Bertz CT molecular complexity index is 303. The van der Waals surface area contributed by atoms with Gasteiger partial charge in [-0.15, -0.1) is 0 Å². The van der Waals surface area contributed by atoms with Crippen LogP contribution in [0, 0.1) is 0 Å². The van der Waals surface area contributed by atoms with Crippen LogP contribution < -0.4 is 5.43 Å². The van der Waals surface area contributed by atoms with Crippen molar-refractivity contribution in [2.45, 2.75) is 5.91 Å². The van der Waals surface area contributed by atoms with Crippen LogP contribution in [-0.2, 0) is 5.91 Å². The van der Waals surface area contributed by atoms with Crippen LogP contribution in [0.25, 0.3) is 0 Å². The number of hydrazone groups is 1. The molecule has 1 aromatic heterocycles. The first kappa shape index (κ1) is 6.32. The Labute approximate surface area is 61.8 Å². The van der Waals surface area contributed by atoms with Crippen molar-refractivity contribution < 1.29 is 10.2 Å². The van der Waals surface area contributed by atoms with E-state index < -0.39 is 5.91 Å². The van der Waals surface area contributed by atoms with Gasteiger partial charge in [0.15, 0.2) is 5.82 Å². The van der Waals surface area contributed by atoms with E-state index in [1.54, 1.807) is 6.07 Å². The molecule has 0 bridgehead atoms. The first-order valence-corrected chi connectivity index (χ1v) is 3.00. The molecule has 0 atom stereocenters. The first-order chi connectivity index (χ1) is 5.20. The maximum atomic E-state index is 9.18. The zero-order valence-electron chi connectivity index (χ0n) is 5.47. The van der Waals surface area contributed by atoms with Crippen molar-refractivity contribution in [3.8, 4) is 0 Å². The van der Waals surface area contributed by atoms with Gasteiger partial charge in [-0.3, -0.25) is 5.43 Å². The molecule has 6 heteroatoms. The monoisotopic (exact) mass is 154 g/mol. The number of aromatic nitrogens is 2. The Morgan fingerprint density at radius 3 is 3.09 bits per heavy atom. The minimum Gasteiger partial charge on any atom is -0.343 e. The highest BCUT2D eigenvalue weighted by Gasteiger charge is 2.29. The lowest BCUT2D eigenvalue weighted by molar-refractivity contribution is -0.169. The highest BCUT2D eigenvalue weighted by Crippen LogP contribution is 2.17. The van der Waals surface area contributed by atoms with Gasteiger partial charge in [0.1, 0.15) is 6.21 Å². The summed E-state index contributed by atoms with van der Waals surface area (Å²) < 4.78 is 1.01. The van der Waals surface area contributed by atoms with Crippen molar-refractivity contribution in [2.24, 2.45) is 5.10 Å². The molecule has 6 nitrogen and oxygen atoms in total. The second kappa shape index (κ2) is 1.80. The van der Waals surface area contributed by atoms with Gasteiger partial charge in [-0.2, -0.15) is 14.9 Å². The molecule has 58 valence electrons. The number of anilines is 1. The maximum absolute atomic E-state index is 9.18. The summed E-state index contributed by atoms with van der Waals surface area (Å²) in [7, 11) is 0. The molecule has 11 heavy (non-hydrogen) atoms. The van der Waals surface area contributed by atoms with E-state index in [0.717, 1.165) is 10.9 Å². The maximum Gasteiger partial charge on any atom is 0.308 e. The van der Waals surface area contributed by atoms with Gasteiger partial charge < -0.3 is 10.2 Å². The van der Waals surface area contributed by atoms with Gasteiger partial charge in [0.2, 0.25) is 0 Å². The molecule has 0 aliphatic carbocycles. The number of fused-ring (bicyclic) bond motifs is 1. The second-order valence-electron chi connectivity index (χ2n) is 2.19. The quantitative estimate of drug-likeness (QED) is 0.414. The van der Waals surface area contributed by atoms with Gasteiger partial charge in [0.05, 0.1) is 6.20 Å². The molecule has 0 aromatic carbocycles. The van der Waals surface area contributed by atoms with E-state index in [0.29, 0.717) is 5.82 Å². The lowest BCUT2D eigenvalue weighted by atomic mass is 10.5. The summed E-state index contributed by atoms with van der Waals surface area (Å²) in [4.78, 5) is 0. The van der Waals surface area contributed by atoms with Crippen LogP contribution in [0.1, 0.15) is 0 Å². The zero-order valence-corrected chi connectivity index (χ0v) is 5.47. The summed E-state index contributed by atoms with van der Waals surface area (Å²) in [6.07, 6.45) is 2.39. The molecular formula is C5H6N4O2. The standard InChI is InChI=1S/C5H6N4O2/c10-5(11)3-6-8-4-1-2-7-9(4)5/h1-3,8,10-11H. The molecule has 0 saturated heterocycles. The Morgan fingerprint density at radius 1 is 1.55 bits per heavy atom. The summed E-state index contributed by atoms with van der Waals surface area (Å²) >= 11 is 0. The average Bonchev–Trinajstić information content (AvgIpc) is 2.34. The molecule has 2 rings (SSSR count). The molecule has 2 heterocycles.